The van der Waals surface area contributed by atoms with Gasteiger partial charge in [0.15, 0.2) is 6.61 Å². The molecular weight excluding hydrogens is 288 g/mol. The van der Waals surface area contributed by atoms with Gasteiger partial charge in [-0.2, -0.15) is 0 Å². The van der Waals surface area contributed by atoms with Crippen LogP contribution >= 0.6 is 11.6 Å². The van der Waals surface area contributed by atoms with Gasteiger partial charge in [-0.05, 0) is 24.6 Å². The quantitative estimate of drug-likeness (QED) is 0.677. The molecule has 0 aromatic heterocycles. The lowest BCUT2D eigenvalue weighted by Crippen LogP contribution is -2.17. The van der Waals surface area contributed by atoms with Gasteiger partial charge in [0.25, 0.3) is 5.91 Å². The Labute approximate surface area is 128 Å². The number of nitrogens with one attached hydrogen (secondary N) is 1. The molecule has 0 unspecified atom stereocenters. The smallest absolute Gasteiger partial charge is 0.265 e. The summed E-state index contributed by atoms with van der Waals surface area (Å²) in [5.74, 6) is -0.316. The molecule has 0 bridgehead atoms. The van der Waals surface area contributed by atoms with Crippen LogP contribution in [0, 0.1) is 6.92 Å². The minimum atomic E-state index is -0.316. The molecule has 0 spiro atoms. The maximum absolute atomic E-state index is 11.7. The third-order valence-electron chi connectivity index (χ3n) is 2.70. The molecule has 0 aliphatic carbocycles. The van der Waals surface area contributed by atoms with Crippen molar-refractivity contribution in [3.8, 4) is 0 Å². The Kier molecular flexibility index (Phi) is 5.35. The normalized spacial score (nSPS) is 10.6. The number of hydrogen-bond donors (Lipinski definition) is 1. The Morgan fingerprint density at radius 2 is 1.95 bits per heavy atom. The number of hydrogen-bond acceptors (Lipinski definition) is 3. The lowest BCUT2D eigenvalue weighted by molar-refractivity contribution is -0.120. The highest BCUT2D eigenvalue weighted by Gasteiger charge is 2.05. The van der Waals surface area contributed by atoms with E-state index in [0.29, 0.717) is 10.7 Å². The molecule has 0 fully saturated rings. The molecule has 2 aromatic carbocycles. The predicted molar refractivity (Wildman–Crippen MR) is 84.8 cm³/mol. The molecule has 108 valence electrons. The molecular formula is C16H15ClN2O2. The fraction of sp³-hybridized carbons (Fsp3) is 0.125. The van der Waals surface area contributed by atoms with Crippen LogP contribution in [0.2, 0.25) is 5.02 Å². The standard InChI is InChI=1S/C16H15ClN2O2/c1-12-6-8-13(9-7-12)10-18-21-11-16(20)19-15-5-3-2-4-14(15)17/h2-10H,11H2,1H3,(H,19,20)/b18-10-. The molecule has 1 N–H and O–H groups in total. The van der Waals surface area contributed by atoms with E-state index < -0.39 is 0 Å². The van der Waals surface area contributed by atoms with E-state index in [1.54, 1.807) is 30.5 Å². The van der Waals surface area contributed by atoms with Crippen LogP contribution in [0.1, 0.15) is 11.1 Å². The summed E-state index contributed by atoms with van der Waals surface area (Å²) < 4.78 is 0. The average Bonchev–Trinajstić information content (AvgIpc) is 2.48. The van der Waals surface area contributed by atoms with E-state index in [1.165, 1.54) is 5.56 Å². The van der Waals surface area contributed by atoms with E-state index >= 15 is 0 Å². The van der Waals surface area contributed by atoms with Crippen molar-refractivity contribution in [2.24, 2.45) is 5.16 Å². The molecule has 0 heterocycles. The molecule has 0 aliphatic heterocycles. The first-order valence-electron chi connectivity index (χ1n) is 6.41. The van der Waals surface area contributed by atoms with E-state index in [4.69, 9.17) is 16.4 Å². The zero-order valence-corrected chi connectivity index (χ0v) is 12.3. The third kappa shape index (κ3) is 4.93. The number of rotatable bonds is 5. The molecule has 2 aromatic rings. The Hall–Kier alpha value is -2.33. The van der Waals surface area contributed by atoms with E-state index in [0.717, 1.165) is 5.56 Å². The monoisotopic (exact) mass is 302 g/mol. The molecule has 1 amide bonds. The fourth-order valence-corrected chi connectivity index (χ4v) is 1.78. The number of para-hydroxylation sites is 1. The van der Waals surface area contributed by atoms with Crippen molar-refractivity contribution in [3.63, 3.8) is 0 Å². The van der Waals surface area contributed by atoms with Crippen LogP contribution in [-0.2, 0) is 9.63 Å². The number of anilines is 1. The lowest BCUT2D eigenvalue weighted by atomic mass is 10.2. The van der Waals surface area contributed by atoms with Gasteiger partial charge in [0, 0.05) is 0 Å². The first kappa shape index (κ1) is 15.1. The zero-order chi connectivity index (χ0) is 15.1. The van der Waals surface area contributed by atoms with Crippen LogP contribution in [-0.4, -0.2) is 18.7 Å². The van der Waals surface area contributed by atoms with Crippen LogP contribution in [0.15, 0.2) is 53.7 Å². The molecule has 0 saturated carbocycles. The molecule has 2 rings (SSSR count). The van der Waals surface area contributed by atoms with E-state index in [1.807, 2.05) is 31.2 Å². The first-order chi connectivity index (χ1) is 10.1. The minimum Gasteiger partial charge on any atom is -0.386 e. The van der Waals surface area contributed by atoms with Gasteiger partial charge in [0.2, 0.25) is 0 Å². The second-order valence-corrected chi connectivity index (χ2v) is 4.85. The van der Waals surface area contributed by atoms with Crippen molar-refractivity contribution in [1.29, 1.82) is 0 Å². The number of benzene rings is 2. The summed E-state index contributed by atoms with van der Waals surface area (Å²) in [6, 6.07) is 14.8. The van der Waals surface area contributed by atoms with Crippen LogP contribution in [0.3, 0.4) is 0 Å². The maximum atomic E-state index is 11.7. The minimum absolute atomic E-state index is 0.173. The summed E-state index contributed by atoms with van der Waals surface area (Å²) in [5, 5.41) is 6.88. The van der Waals surface area contributed by atoms with Gasteiger partial charge < -0.3 is 10.2 Å². The van der Waals surface area contributed by atoms with Gasteiger partial charge in [-0.3, -0.25) is 4.79 Å². The molecule has 4 nitrogen and oxygen atoms in total. The Bertz CT molecular complexity index is 639. The number of carbonyl (C=O) groups excluding carboxylic acids is 1. The largest absolute Gasteiger partial charge is 0.386 e. The average molecular weight is 303 g/mol. The summed E-state index contributed by atoms with van der Waals surface area (Å²) in [6.45, 7) is 1.84. The molecule has 0 radical (unpaired) electrons. The summed E-state index contributed by atoms with van der Waals surface area (Å²) in [5.41, 5.74) is 2.63. The van der Waals surface area contributed by atoms with Crippen molar-refractivity contribution >= 4 is 29.4 Å². The fourth-order valence-electron chi connectivity index (χ4n) is 1.60. The van der Waals surface area contributed by atoms with E-state index in [9.17, 15) is 4.79 Å². The highest BCUT2D eigenvalue weighted by atomic mass is 35.5. The second kappa shape index (κ2) is 7.45. The predicted octanol–water partition coefficient (Wildman–Crippen LogP) is 3.64. The molecule has 0 atom stereocenters. The Morgan fingerprint density at radius 3 is 2.67 bits per heavy atom. The van der Waals surface area contributed by atoms with Crippen LogP contribution in [0.5, 0.6) is 0 Å². The van der Waals surface area contributed by atoms with E-state index in [-0.39, 0.29) is 12.5 Å². The lowest BCUT2D eigenvalue weighted by Gasteiger charge is -2.05. The van der Waals surface area contributed by atoms with Gasteiger partial charge >= 0.3 is 0 Å². The summed E-state index contributed by atoms with van der Waals surface area (Å²) in [4.78, 5) is 16.6. The number of amides is 1. The molecule has 5 heteroatoms. The van der Waals surface area contributed by atoms with Gasteiger partial charge in [0.05, 0.1) is 16.9 Å². The molecule has 0 saturated heterocycles. The van der Waals surface area contributed by atoms with E-state index in [2.05, 4.69) is 10.5 Å². The first-order valence-corrected chi connectivity index (χ1v) is 6.79. The summed E-state index contributed by atoms with van der Waals surface area (Å²) >= 11 is 5.94. The van der Waals surface area contributed by atoms with Crippen molar-refractivity contribution < 1.29 is 9.63 Å². The van der Waals surface area contributed by atoms with Crippen molar-refractivity contribution in [2.75, 3.05) is 11.9 Å². The maximum Gasteiger partial charge on any atom is 0.265 e. The Morgan fingerprint density at radius 1 is 1.24 bits per heavy atom. The number of aryl methyl sites for hydroxylation is 1. The van der Waals surface area contributed by atoms with Crippen LogP contribution in [0.4, 0.5) is 5.69 Å². The second-order valence-electron chi connectivity index (χ2n) is 4.45. The zero-order valence-electron chi connectivity index (χ0n) is 11.5. The number of nitrogens with zero attached hydrogens (tertiary/aromatic N) is 1. The van der Waals surface area contributed by atoms with Crippen LogP contribution < -0.4 is 5.32 Å². The van der Waals surface area contributed by atoms with Crippen molar-refractivity contribution in [2.45, 2.75) is 6.92 Å². The van der Waals surface area contributed by atoms with Gasteiger partial charge in [-0.15, -0.1) is 0 Å². The molecule has 0 aliphatic rings. The highest BCUT2D eigenvalue weighted by Crippen LogP contribution is 2.20. The van der Waals surface area contributed by atoms with Crippen molar-refractivity contribution in [1.82, 2.24) is 0 Å². The molecule has 21 heavy (non-hydrogen) atoms. The van der Waals surface area contributed by atoms with Gasteiger partial charge in [0.1, 0.15) is 0 Å². The summed E-state index contributed by atoms with van der Waals surface area (Å²) in [6.07, 6.45) is 1.56. The topological polar surface area (TPSA) is 50.7 Å². The summed E-state index contributed by atoms with van der Waals surface area (Å²) in [7, 11) is 0. The van der Waals surface area contributed by atoms with Crippen molar-refractivity contribution in [3.05, 3.63) is 64.7 Å². The SMILES string of the molecule is Cc1ccc(/C=N\OCC(=O)Nc2ccccc2Cl)cc1. The number of carbonyl (C=O) groups is 1. The van der Waals surface area contributed by atoms with Gasteiger partial charge in [-0.1, -0.05) is 58.7 Å². The Balaban J connectivity index is 1.79. The van der Waals surface area contributed by atoms with Crippen LogP contribution in [0.25, 0.3) is 0 Å². The number of oxime groups is 1. The third-order valence-corrected chi connectivity index (χ3v) is 3.03. The highest BCUT2D eigenvalue weighted by molar-refractivity contribution is 6.33. The van der Waals surface area contributed by atoms with Gasteiger partial charge in [-0.25, -0.2) is 0 Å². The number of halogens is 1.